The molecule has 2 aromatic rings. The van der Waals surface area contributed by atoms with Crippen LogP contribution in [0.2, 0.25) is 0 Å². The van der Waals surface area contributed by atoms with Crippen LogP contribution in [-0.2, 0) is 19.6 Å². The first-order chi connectivity index (χ1) is 13.3. The standard InChI is InChI=1S/C20H24N2O5S/c1-3-27-20(24)9-6-7-18(17-12-10-16(11-13-17)15(2)23)22-28(25,26)19-8-4-5-14-21-19/h4-5,8,10-14,18,22H,3,6-7,9H2,1-2H3. The summed E-state index contributed by atoms with van der Waals surface area (Å²) in [4.78, 5) is 27.0. The van der Waals surface area contributed by atoms with Crippen molar-refractivity contribution in [2.45, 2.75) is 44.2 Å². The van der Waals surface area contributed by atoms with Crippen LogP contribution in [0.5, 0.6) is 0 Å². The van der Waals surface area contributed by atoms with Crippen LogP contribution < -0.4 is 4.72 Å². The van der Waals surface area contributed by atoms with E-state index < -0.39 is 16.1 Å². The van der Waals surface area contributed by atoms with E-state index in [1.54, 1.807) is 43.3 Å². The van der Waals surface area contributed by atoms with E-state index in [1.807, 2.05) is 0 Å². The lowest BCUT2D eigenvalue weighted by Gasteiger charge is -2.19. The average Bonchev–Trinajstić information content (AvgIpc) is 2.68. The minimum atomic E-state index is -3.84. The van der Waals surface area contributed by atoms with Gasteiger partial charge in [-0.1, -0.05) is 30.3 Å². The lowest BCUT2D eigenvalue weighted by molar-refractivity contribution is -0.143. The number of carbonyl (C=O) groups is 2. The highest BCUT2D eigenvalue weighted by atomic mass is 32.2. The number of nitrogens with zero attached hydrogens (tertiary/aromatic N) is 1. The normalized spacial score (nSPS) is 12.4. The van der Waals surface area contributed by atoms with Gasteiger partial charge in [0.25, 0.3) is 10.0 Å². The van der Waals surface area contributed by atoms with Crippen LogP contribution in [0.3, 0.4) is 0 Å². The number of hydrogen-bond acceptors (Lipinski definition) is 6. The van der Waals surface area contributed by atoms with Gasteiger partial charge in [-0.3, -0.25) is 9.59 Å². The van der Waals surface area contributed by atoms with E-state index in [-0.39, 0.29) is 23.2 Å². The third kappa shape index (κ3) is 6.24. The molecule has 0 saturated carbocycles. The minimum absolute atomic E-state index is 0.0699. The minimum Gasteiger partial charge on any atom is -0.466 e. The van der Waals surface area contributed by atoms with E-state index in [4.69, 9.17) is 4.74 Å². The van der Waals surface area contributed by atoms with Crippen molar-refractivity contribution in [2.24, 2.45) is 0 Å². The lowest BCUT2D eigenvalue weighted by Crippen LogP contribution is -2.29. The van der Waals surface area contributed by atoms with Crippen molar-refractivity contribution >= 4 is 21.8 Å². The van der Waals surface area contributed by atoms with Gasteiger partial charge in [-0.05, 0) is 44.4 Å². The van der Waals surface area contributed by atoms with Gasteiger partial charge in [0, 0.05) is 24.2 Å². The van der Waals surface area contributed by atoms with Crippen LogP contribution in [0.1, 0.15) is 55.1 Å². The van der Waals surface area contributed by atoms with Crippen molar-refractivity contribution in [3.63, 3.8) is 0 Å². The van der Waals surface area contributed by atoms with Gasteiger partial charge in [0.2, 0.25) is 0 Å². The summed E-state index contributed by atoms with van der Waals surface area (Å²) >= 11 is 0. The van der Waals surface area contributed by atoms with Crippen molar-refractivity contribution in [2.75, 3.05) is 6.61 Å². The summed E-state index contributed by atoms with van der Waals surface area (Å²) in [5.74, 6) is -0.389. The topological polar surface area (TPSA) is 102 Å². The van der Waals surface area contributed by atoms with E-state index in [1.165, 1.54) is 19.2 Å². The Morgan fingerprint density at radius 1 is 1.14 bits per heavy atom. The predicted molar refractivity (Wildman–Crippen MR) is 104 cm³/mol. The van der Waals surface area contributed by atoms with Gasteiger partial charge in [-0.15, -0.1) is 0 Å². The van der Waals surface area contributed by atoms with E-state index in [0.717, 1.165) is 0 Å². The van der Waals surface area contributed by atoms with E-state index >= 15 is 0 Å². The van der Waals surface area contributed by atoms with Gasteiger partial charge in [0.15, 0.2) is 10.8 Å². The van der Waals surface area contributed by atoms with Crippen LogP contribution in [0.25, 0.3) is 0 Å². The first kappa shape index (κ1) is 21.7. The molecule has 0 aliphatic rings. The number of Topliss-reactive ketones (excluding diaryl/α,β-unsaturated/α-hetero) is 1. The second kappa shape index (κ2) is 10.1. The molecule has 0 spiro atoms. The maximum absolute atomic E-state index is 12.7. The third-order valence-corrected chi connectivity index (χ3v) is 5.50. The SMILES string of the molecule is CCOC(=O)CCCC(NS(=O)(=O)c1ccccn1)c1ccc(C(C)=O)cc1. The highest BCUT2D eigenvalue weighted by Crippen LogP contribution is 2.23. The molecule has 1 atom stereocenters. The van der Waals surface area contributed by atoms with Gasteiger partial charge < -0.3 is 4.74 Å². The highest BCUT2D eigenvalue weighted by Gasteiger charge is 2.22. The fourth-order valence-electron chi connectivity index (χ4n) is 2.68. The molecule has 0 aliphatic carbocycles. The molecule has 0 radical (unpaired) electrons. The Morgan fingerprint density at radius 3 is 2.43 bits per heavy atom. The van der Waals surface area contributed by atoms with Crippen molar-refractivity contribution < 1.29 is 22.7 Å². The van der Waals surface area contributed by atoms with Crippen molar-refractivity contribution in [3.8, 4) is 0 Å². The first-order valence-electron chi connectivity index (χ1n) is 9.03. The molecule has 8 heteroatoms. The molecule has 0 amide bonds. The van der Waals surface area contributed by atoms with Crippen LogP contribution in [0, 0.1) is 0 Å². The molecule has 0 aliphatic heterocycles. The molecule has 1 aromatic heterocycles. The number of benzene rings is 1. The van der Waals surface area contributed by atoms with Gasteiger partial charge in [-0.25, -0.2) is 18.1 Å². The molecule has 7 nitrogen and oxygen atoms in total. The first-order valence-corrected chi connectivity index (χ1v) is 10.5. The summed E-state index contributed by atoms with van der Waals surface area (Å²) in [6.45, 7) is 3.51. The summed E-state index contributed by atoms with van der Waals surface area (Å²) in [5.41, 5.74) is 1.25. The van der Waals surface area contributed by atoms with Crippen molar-refractivity contribution in [3.05, 3.63) is 59.8 Å². The molecule has 1 heterocycles. The summed E-state index contributed by atoms with van der Waals surface area (Å²) in [6.07, 6.45) is 2.44. The number of ketones is 1. The van der Waals surface area contributed by atoms with Crippen molar-refractivity contribution in [1.82, 2.24) is 9.71 Å². The molecule has 28 heavy (non-hydrogen) atoms. The fourth-order valence-corrected chi connectivity index (χ4v) is 3.89. The van der Waals surface area contributed by atoms with E-state index in [2.05, 4.69) is 9.71 Å². The van der Waals surface area contributed by atoms with Gasteiger partial charge in [0.05, 0.1) is 6.61 Å². The molecule has 2 rings (SSSR count). The monoisotopic (exact) mass is 404 g/mol. The zero-order chi connectivity index (χ0) is 20.6. The van der Waals surface area contributed by atoms with Gasteiger partial charge in [0.1, 0.15) is 0 Å². The third-order valence-electron chi connectivity index (χ3n) is 4.11. The second-order valence-corrected chi connectivity index (χ2v) is 7.88. The molecular weight excluding hydrogens is 380 g/mol. The zero-order valence-electron chi connectivity index (χ0n) is 15.9. The Kier molecular flexibility index (Phi) is 7.83. The Bertz CT molecular complexity index is 896. The Morgan fingerprint density at radius 2 is 1.86 bits per heavy atom. The number of pyridine rings is 1. The predicted octanol–water partition coefficient (Wildman–Crippen LogP) is 3.04. The number of rotatable bonds is 10. The molecular formula is C20H24N2O5S. The van der Waals surface area contributed by atoms with E-state index in [9.17, 15) is 18.0 Å². The van der Waals surface area contributed by atoms with E-state index in [0.29, 0.717) is 30.6 Å². The number of ether oxygens (including phenoxy) is 1. The second-order valence-electron chi connectivity index (χ2n) is 6.22. The van der Waals surface area contributed by atoms with Crippen LogP contribution in [0.15, 0.2) is 53.7 Å². The zero-order valence-corrected chi connectivity index (χ0v) is 16.7. The molecule has 150 valence electrons. The lowest BCUT2D eigenvalue weighted by atomic mass is 10.00. The van der Waals surface area contributed by atoms with Crippen LogP contribution in [0.4, 0.5) is 0 Å². The Hall–Kier alpha value is -2.58. The maximum Gasteiger partial charge on any atom is 0.305 e. The van der Waals surface area contributed by atoms with Crippen LogP contribution >= 0.6 is 0 Å². The van der Waals surface area contributed by atoms with Gasteiger partial charge in [-0.2, -0.15) is 0 Å². The summed E-state index contributed by atoms with van der Waals surface area (Å²) in [5, 5.41) is -0.0780. The quantitative estimate of drug-likeness (QED) is 0.482. The molecule has 0 bridgehead atoms. The molecule has 1 aromatic carbocycles. The number of hydrogen-bond donors (Lipinski definition) is 1. The average molecular weight is 404 g/mol. The maximum atomic E-state index is 12.7. The summed E-state index contributed by atoms with van der Waals surface area (Å²) in [7, 11) is -3.84. The number of carbonyl (C=O) groups excluding carboxylic acids is 2. The Labute approximate surface area is 165 Å². The summed E-state index contributed by atoms with van der Waals surface area (Å²) in [6, 6.07) is 10.8. The molecule has 0 fully saturated rings. The largest absolute Gasteiger partial charge is 0.466 e. The van der Waals surface area contributed by atoms with Crippen LogP contribution in [-0.4, -0.2) is 31.8 Å². The summed E-state index contributed by atoms with van der Waals surface area (Å²) < 4.78 is 32.9. The smallest absolute Gasteiger partial charge is 0.305 e. The molecule has 0 saturated heterocycles. The van der Waals surface area contributed by atoms with Crippen molar-refractivity contribution in [1.29, 1.82) is 0 Å². The number of nitrogens with one attached hydrogen (secondary N) is 1. The number of sulfonamides is 1. The Balaban J connectivity index is 2.20. The highest BCUT2D eigenvalue weighted by molar-refractivity contribution is 7.89. The van der Waals surface area contributed by atoms with Gasteiger partial charge >= 0.3 is 5.97 Å². The molecule has 1 unspecified atom stereocenters. The fraction of sp³-hybridized carbons (Fsp3) is 0.350. The number of esters is 1. The number of aromatic nitrogens is 1. The molecule has 1 N–H and O–H groups in total.